The second-order valence-corrected chi connectivity index (χ2v) is 5.71. The van der Waals surface area contributed by atoms with E-state index in [-0.39, 0.29) is 19.0 Å². The van der Waals surface area contributed by atoms with Gasteiger partial charge in [0.05, 0.1) is 26.4 Å². The Kier molecular flexibility index (Phi) is 17.1. The van der Waals surface area contributed by atoms with Crippen LogP contribution in [0.2, 0.25) is 0 Å². The van der Waals surface area contributed by atoms with Crippen molar-refractivity contribution >= 4 is 43.0 Å². The van der Waals surface area contributed by atoms with E-state index in [1.165, 1.54) is 25.7 Å². The normalized spacial score (nSPS) is 22.0. The molecule has 1 saturated heterocycles. The summed E-state index contributed by atoms with van der Waals surface area (Å²) in [6.07, 6.45) is 11.4. The number of halogens is 2. The van der Waals surface area contributed by atoms with E-state index in [1.807, 2.05) is 0 Å². The molecule has 0 radical (unpaired) electrons. The van der Waals surface area contributed by atoms with Crippen molar-refractivity contribution in [3.63, 3.8) is 0 Å². The molecule has 0 aromatic heterocycles. The van der Waals surface area contributed by atoms with Crippen LogP contribution in [0.1, 0.15) is 64.2 Å². The van der Waals surface area contributed by atoms with E-state index in [9.17, 15) is 4.79 Å². The molecular formula is C16H30I2O5. The lowest BCUT2D eigenvalue weighted by Gasteiger charge is -2.30. The lowest BCUT2D eigenvalue weighted by molar-refractivity contribution is -0.176. The van der Waals surface area contributed by atoms with Gasteiger partial charge in [0.15, 0.2) is 5.79 Å². The van der Waals surface area contributed by atoms with Gasteiger partial charge in [-0.15, -0.1) is 0 Å². The highest BCUT2D eigenvalue weighted by Gasteiger charge is 2.37. The molecule has 3 rings (SSSR count). The maximum atomic E-state index is 10.5. The van der Waals surface area contributed by atoms with Crippen molar-refractivity contribution in [1.29, 1.82) is 0 Å². The lowest BCUT2D eigenvalue weighted by Crippen LogP contribution is -2.32. The van der Waals surface area contributed by atoms with E-state index in [0.29, 0.717) is 5.78 Å². The minimum absolute atomic E-state index is 0.125. The maximum absolute atomic E-state index is 10.5. The fraction of sp³-hybridized carbons (Fsp3) is 0.938. The average molecular weight is 556 g/mol. The lowest BCUT2D eigenvalue weighted by atomic mass is 9.94. The molecule has 2 N–H and O–H groups in total. The predicted molar refractivity (Wildman–Crippen MR) is 108 cm³/mol. The van der Waals surface area contributed by atoms with E-state index in [0.717, 1.165) is 51.7 Å². The summed E-state index contributed by atoms with van der Waals surface area (Å²) in [6.45, 7) is 1.36. The molecular weight excluding hydrogens is 526 g/mol. The number of hydrogen-bond donors (Lipinski definition) is 2. The Morgan fingerprint density at radius 1 is 0.826 bits per heavy atom. The van der Waals surface area contributed by atoms with Crippen molar-refractivity contribution in [3.8, 4) is 0 Å². The van der Waals surface area contributed by atoms with Crippen LogP contribution in [0.15, 0.2) is 0 Å². The molecule has 1 spiro atoms. The molecule has 0 aromatic rings. The van der Waals surface area contributed by atoms with E-state index >= 15 is 0 Å². The van der Waals surface area contributed by atoms with E-state index < -0.39 is 0 Å². The van der Waals surface area contributed by atoms with Gasteiger partial charge in [0, 0.05) is 62.9 Å². The van der Waals surface area contributed by atoms with Gasteiger partial charge in [-0.05, 0) is 25.7 Å². The zero-order valence-corrected chi connectivity index (χ0v) is 18.1. The molecule has 0 aromatic carbocycles. The minimum atomic E-state index is -0.127. The summed E-state index contributed by atoms with van der Waals surface area (Å²) in [4.78, 5) is 10.5. The molecule has 0 atom stereocenters. The standard InChI is InChI=1S/C8H14O2.C6H10O.C2H6O2.I2/c1-2-4-8(5-3-1)9-6-7-10-8;7-6-4-2-1-3-5-6;3-1-2-4;1-2/h1-7H2;1-5H2;3-4H,1-2H2;. The quantitative estimate of drug-likeness (QED) is 0.479. The molecule has 0 bridgehead atoms. The Morgan fingerprint density at radius 2 is 1.26 bits per heavy atom. The van der Waals surface area contributed by atoms with E-state index in [4.69, 9.17) is 19.7 Å². The van der Waals surface area contributed by atoms with Crippen LogP contribution < -0.4 is 0 Å². The first-order chi connectivity index (χ1) is 11.2. The van der Waals surface area contributed by atoms with Gasteiger partial charge in [0.25, 0.3) is 0 Å². The Morgan fingerprint density at radius 3 is 1.61 bits per heavy atom. The SMILES string of the molecule is C1CCC2(CC1)OCCO2.II.O=C1CCCCC1.OCCO. The highest BCUT2D eigenvalue weighted by molar-refractivity contribution is 15.0. The van der Waals surface area contributed by atoms with E-state index in [2.05, 4.69) is 37.2 Å². The van der Waals surface area contributed by atoms with Crippen LogP contribution in [0.25, 0.3) is 0 Å². The fourth-order valence-corrected chi connectivity index (χ4v) is 2.82. The van der Waals surface area contributed by atoms with Gasteiger partial charge in [0.1, 0.15) is 5.78 Å². The molecule has 138 valence electrons. The molecule has 0 amide bonds. The summed E-state index contributed by atoms with van der Waals surface area (Å²) in [5.74, 6) is 0.337. The van der Waals surface area contributed by atoms with Gasteiger partial charge in [0.2, 0.25) is 0 Å². The molecule has 3 fully saturated rings. The van der Waals surface area contributed by atoms with Gasteiger partial charge in [-0.2, -0.15) is 0 Å². The molecule has 23 heavy (non-hydrogen) atoms. The van der Waals surface area contributed by atoms with Gasteiger partial charge < -0.3 is 19.7 Å². The number of carbonyl (C=O) groups is 1. The average Bonchev–Trinajstić information content (AvgIpc) is 3.06. The molecule has 7 heteroatoms. The first-order valence-electron chi connectivity index (χ1n) is 8.38. The number of hydrogen-bond acceptors (Lipinski definition) is 5. The summed E-state index contributed by atoms with van der Waals surface area (Å²) in [5, 5.41) is 15.2. The fourth-order valence-electron chi connectivity index (χ4n) is 2.82. The second kappa shape index (κ2) is 16.4. The number of carbonyl (C=O) groups excluding carboxylic acids is 1. The second-order valence-electron chi connectivity index (χ2n) is 5.71. The number of ether oxygens (including phenoxy) is 2. The van der Waals surface area contributed by atoms with Crippen LogP contribution in [0, 0.1) is 0 Å². The van der Waals surface area contributed by atoms with Gasteiger partial charge in [-0.3, -0.25) is 4.79 Å². The molecule has 5 nitrogen and oxygen atoms in total. The van der Waals surface area contributed by atoms with Gasteiger partial charge in [-0.1, -0.05) is 12.8 Å². The first-order valence-corrected chi connectivity index (χ1v) is 14.7. The van der Waals surface area contributed by atoms with Crippen molar-refractivity contribution in [3.05, 3.63) is 0 Å². The zero-order valence-electron chi connectivity index (χ0n) is 13.8. The maximum Gasteiger partial charge on any atom is 0.168 e. The van der Waals surface area contributed by atoms with Crippen molar-refractivity contribution in [2.75, 3.05) is 26.4 Å². The topological polar surface area (TPSA) is 76.0 Å². The van der Waals surface area contributed by atoms with Crippen LogP contribution in [-0.4, -0.2) is 48.2 Å². The van der Waals surface area contributed by atoms with Crippen LogP contribution in [0.5, 0.6) is 0 Å². The summed E-state index contributed by atoms with van der Waals surface area (Å²) >= 11 is 4.24. The Balaban J connectivity index is 0.000000328. The number of aliphatic hydroxyl groups is 2. The molecule has 2 saturated carbocycles. The highest BCUT2D eigenvalue weighted by atomic mass is 128. The largest absolute Gasteiger partial charge is 0.394 e. The van der Waals surface area contributed by atoms with Crippen molar-refractivity contribution in [2.45, 2.75) is 70.0 Å². The predicted octanol–water partition coefficient (Wildman–Crippen LogP) is 3.96. The molecule has 0 unspecified atom stereocenters. The van der Waals surface area contributed by atoms with Gasteiger partial charge in [-0.25, -0.2) is 0 Å². The summed E-state index contributed by atoms with van der Waals surface area (Å²) in [6, 6.07) is 0. The zero-order chi connectivity index (χ0) is 17.4. The first kappa shape index (κ1) is 24.0. The number of ketones is 1. The summed E-state index contributed by atoms with van der Waals surface area (Å²) in [5.41, 5.74) is 0. The monoisotopic (exact) mass is 556 g/mol. The summed E-state index contributed by atoms with van der Waals surface area (Å²) < 4.78 is 11.1. The van der Waals surface area contributed by atoms with Crippen molar-refractivity contribution in [2.24, 2.45) is 0 Å². The van der Waals surface area contributed by atoms with Crippen LogP contribution in [-0.2, 0) is 14.3 Å². The molecule has 1 heterocycles. The highest BCUT2D eigenvalue weighted by Crippen LogP contribution is 2.35. The molecule has 2 aliphatic carbocycles. The van der Waals surface area contributed by atoms with Gasteiger partial charge >= 0.3 is 0 Å². The third kappa shape index (κ3) is 12.0. The molecule has 3 aliphatic rings. The Labute approximate surface area is 163 Å². The third-order valence-electron chi connectivity index (χ3n) is 3.94. The number of aliphatic hydroxyl groups excluding tert-OH is 2. The van der Waals surface area contributed by atoms with Crippen LogP contribution in [0.3, 0.4) is 0 Å². The molecule has 1 aliphatic heterocycles. The number of Topliss-reactive ketones (excluding diaryl/α,β-unsaturated/α-hetero) is 1. The Hall–Kier alpha value is 0.970. The van der Waals surface area contributed by atoms with Crippen LogP contribution in [0.4, 0.5) is 0 Å². The third-order valence-corrected chi connectivity index (χ3v) is 3.94. The minimum Gasteiger partial charge on any atom is -0.394 e. The number of rotatable bonds is 1. The Bertz CT molecular complexity index is 266. The summed E-state index contributed by atoms with van der Waals surface area (Å²) in [7, 11) is 0. The van der Waals surface area contributed by atoms with Crippen LogP contribution >= 0.6 is 37.2 Å². The van der Waals surface area contributed by atoms with E-state index in [1.54, 1.807) is 0 Å². The van der Waals surface area contributed by atoms with Crippen molar-refractivity contribution in [1.82, 2.24) is 0 Å². The van der Waals surface area contributed by atoms with Crippen molar-refractivity contribution < 1.29 is 24.5 Å². The smallest absolute Gasteiger partial charge is 0.168 e.